The van der Waals surface area contributed by atoms with Crippen molar-refractivity contribution >= 4 is 50.0 Å². The maximum Gasteiger partial charge on any atom is 0.299 e. The Hall–Kier alpha value is -2.76. The average Bonchev–Trinajstić information content (AvgIpc) is 3.44. The van der Waals surface area contributed by atoms with Gasteiger partial charge in [-0.2, -0.15) is 4.31 Å². The van der Waals surface area contributed by atoms with Crippen LogP contribution in [0.25, 0.3) is 0 Å². The number of para-hydroxylation sites is 1. The number of halogens is 1. The molecular formula is C26H23IN2O5S. The highest BCUT2D eigenvalue weighted by atomic mass is 123. The number of ketones is 1. The normalized spacial score (nSPS) is 18.2. The lowest BCUT2D eigenvalue weighted by molar-refractivity contribution is -0.114. The Labute approximate surface area is 217 Å². The highest BCUT2D eigenvalue weighted by Gasteiger charge is 2.40. The van der Waals surface area contributed by atoms with Gasteiger partial charge in [0.25, 0.3) is 11.7 Å². The molecule has 1 amide bonds. The lowest BCUT2D eigenvalue weighted by atomic mass is 10.1. The largest absolute Gasteiger partial charge is 0.492 e. The van der Waals surface area contributed by atoms with Crippen LogP contribution >= 0.6 is 22.6 Å². The number of rotatable bonds is 7. The number of Topliss-reactive ketones (excluding diaryl/α,β-unsaturated/α-hetero) is 1. The minimum Gasteiger partial charge on any atom is -0.492 e. The number of nitrogens with zero attached hydrogens (tertiary/aromatic N) is 2. The SMILES string of the molecule is O=C1C(=O)N(Cc2ccc([123I])cc2)c2ccc(S(=O)(=O)N3CCC[C@H]3COc3ccccc3)cc21. The molecule has 0 saturated carbocycles. The molecule has 0 aromatic heterocycles. The molecule has 7 nitrogen and oxygen atoms in total. The maximum atomic E-state index is 13.5. The smallest absolute Gasteiger partial charge is 0.299 e. The van der Waals surface area contributed by atoms with E-state index in [0.29, 0.717) is 24.4 Å². The number of sulfonamides is 1. The molecule has 0 spiro atoms. The molecule has 0 N–H and O–H groups in total. The van der Waals surface area contributed by atoms with Crippen LogP contribution in [-0.2, 0) is 21.4 Å². The number of hydrogen-bond donors (Lipinski definition) is 0. The van der Waals surface area contributed by atoms with E-state index in [1.54, 1.807) is 6.07 Å². The molecule has 0 unspecified atom stereocenters. The number of anilines is 1. The Kier molecular flexibility index (Phi) is 6.65. The van der Waals surface area contributed by atoms with Gasteiger partial charge in [-0.05, 0) is 83.5 Å². The van der Waals surface area contributed by atoms with E-state index >= 15 is 0 Å². The summed E-state index contributed by atoms with van der Waals surface area (Å²) in [5, 5.41) is 0. The summed E-state index contributed by atoms with van der Waals surface area (Å²) >= 11 is 2.20. The van der Waals surface area contributed by atoms with Crippen molar-refractivity contribution in [1.82, 2.24) is 4.31 Å². The van der Waals surface area contributed by atoms with Crippen LogP contribution in [-0.4, -0.2) is 43.6 Å². The molecule has 0 aliphatic carbocycles. The molecule has 3 aromatic rings. The second-order valence-electron chi connectivity index (χ2n) is 8.56. The van der Waals surface area contributed by atoms with Gasteiger partial charge in [0.2, 0.25) is 10.0 Å². The Morgan fingerprint density at radius 3 is 2.46 bits per heavy atom. The second-order valence-corrected chi connectivity index (χ2v) is 11.7. The van der Waals surface area contributed by atoms with Crippen molar-refractivity contribution in [2.24, 2.45) is 0 Å². The first-order valence-corrected chi connectivity index (χ1v) is 13.8. The van der Waals surface area contributed by atoms with Crippen LogP contribution in [0.3, 0.4) is 0 Å². The van der Waals surface area contributed by atoms with E-state index in [4.69, 9.17) is 4.74 Å². The van der Waals surface area contributed by atoms with Gasteiger partial charge in [-0.1, -0.05) is 30.3 Å². The van der Waals surface area contributed by atoms with Crippen molar-refractivity contribution in [3.05, 3.63) is 87.5 Å². The minimum atomic E-state index is -3.87. The fraction of sp³-hybridized carbons (Fsp3) is 0.231. The first kappa shape index (κ1) is 24.0. The van der Waals surface area contributed by atoms with Crippen molar-refractivity contribution in [1.29, 1.82) is 0 Å². The Balaban J connectivity index is 1.38. The molecule has 0 radical (unpaired) electrons. The Morgan fingerprint density at radius 1 is 0.971 bits per heavy atom. The molecule has 2 heterocycles. The Bertz CT molecular complexity index is 1380. The first-order valence-electron chi connectivity index (χ1n) is 11.3. The van der Waals surface area contributed by atoms with Crippen LogP contribution in [0.5, 0.6) is 5.75 Å². The summed E-state index contributed by atoms with van der Waals surface area (Å²) in [6.45, 7) is 0.870. The van der Waals surface area contributed by atoms with E-state index in [1.807, 2.05) is 54.6 Å². The van der Waals surface area contributed by atoms with Crippen molar-refractivity contribution in [3.63, 3.8) is 0 Å². The number of ether oxygens (including phenoxy) is 1. The molecule has 3 aromatic carbocycles. The molecular weight excluding hydrogens is 575 g/mol. The highest BCUT2D eigenvalue weighted by molar-refractivity contribution is 14.1. The van der Waals surface area contributed by atoms with Gasteiger partial charge in [0.1, 0.15) is 12.4 Å². The Morgan fingerprint density at radius 2 is 1.71 bits per heavy atom. The summed E-state index contributed by atoms with van der Waals surface area (Å²) in [5.74, 6) is -0.650. The predicted molar refractivity (Wildman–Crippen MR) is 140 cm³/mol. The van der Waals surface area contributed by atoms with E-state index in [0.717, 1.165) is 15.6 Å². The zero-order valence-corrected chi connectivity index (χ0v) is 21.7. The molecule has 1 fully saturated rings. The number of carbonyl (C=O) groups excluding carboxylic acids is 2. The zero-order valence-electron chi connectivity index (χ0n) is 18.8. The standard InChI is InChI=1S/C26H23IN2O5S/c27-19-10-8-18(9-11-19)16-28-24-13-12-22(15-23(24)25(30)26(28)31)35(32,33)29-14-4-5-20(29)17-34-21-6-2-1-3-7-21/h1-3,6-13,15,20H,4-5,14,16-17H2/t20-/m0/s1/i27-4. The second kappa shape index (κ2) is 9.71. The van der Waals surface area contributed by atoms with Crippen LogP contribution in [0.2, 0.25) is 0 Å². The monoisotopic (exact) mass is 598 g/mol. The summed E-state index contributed by atoms with van der Waals surface area (Å²) in [6.07, 6.45) is 1.42. The molecule has 9 heteroatoms. The molecule has 1 atom stereocenters. The van der Waals surface area contributed by atoms with E-state index in [9.17, 15) is 18.0 Å². The number of fused-ring (bicyclic) bond motifs is 1. The van der Waals surface area contributed by atoms with E-state index < -0.39 is 21.7 Å². The van der Waals surface area contributed by atoms with Crippen LogP contribution < -0.4 is 9.64 Å². The van der Waals surface area contributed by atoms with Crippen LogP contribution in [0, 0.1) is 3.57 Å². The van der Waals surface area contributed by atoms with Crippen LogP contribution in [0.1, 0.15) is 28.8 Å². The molecule has 1 saturated heterocycles. The highest BCUT2D eigenvalue weighted by Crippen LogP contribution is 2.34. The maximum absolute atomic E-state index is 13.5. The molecule has 0 bridgehead atoms. The predicted octanol–water partition coefficient (Wildman–Crippen LogP) is 4.25. The van der Waals surface area contributed by atoms with Gasteiger partial charge < -0.3 is 9.64 Å². The van der Waals surface area contributed by atoms with Gasteiger partial charge >= 0.3 is 0 Å². The summed E-state index contributed by atoms with van der Waals surface area (Å²) < 4.78 is 35.4. The topological polar surface area (TPSA) is 84.0 Å². The minimum absolute atomic E-state index is 0.0140. The number of benzene rings is 3. The van der Waals surface area contributed by atoms with Gasteiger partial charge in [-0.15, -0.1) is 0 Å². The summed E-state index contributed by atoms with van der Waals surface area (Å²) in [5.41, 5.74) is 1.44. The third-order valence-electron chi connectivity index (χ3n) is 6.31. The summed E-state index contributed by atoms with van der Waals surface area (Å²) in [4.78, 5) is 26.9. The first-order chi connectivity index (χ1) is 16.8. The third-order valence-corrected chi connectivity index (χ3v) is 8.98. The van der Waals surface area contributed by atoms with E-state index in [1.165, 1.54) is 21.3 Å². The number of amides is 1. The number of carbonyl (C=O) groups is 2. The molecule has 35 heavy (non-hydrogen) atoms. The lowest BCUT2D eigenvalue weighted by Crippen LogP contribution is -2.39. The van der Waals surface area contributed by atoms with Crippen molar-refractivity contribution in [2.75, 3.05) is 18.1 Å². The molecule has 180 valence electrons. The van der Waals surface area contributed by atoms with Gasteiger partial charge in [0.15, 0.2) is 0 Å². The number of hydrogen-bond acceptors (Lipinski definition) is 5. The van der Waals surface area contributed by atoms with E-state index in [-0.39, 0.29) is 29.7 Å². The third kappa shape index (κ3) is 4.72. The van der Waals surface area contributed by atoms with Crippen LogP contribution in [0.4, 0.5) is 5.69 Å². The molecule has 2 aliphatic rings. The average molecular weight is 598 g/mol. The quantitative estimate of drug-likeness (QED) is 0.300. The van der Waals surface area contributed by atoms with Crippen molar-refractivity contribution in [3.8, 4) is 5.75 Å². The molecule has 5 rings (SSSR count). The van der Waals surface area contributed by atoms with Crippen molar-refractivity contribution in [2.45, 2.75) is 30.3 Å². The van der Waals surface area contributed by atoms with Crippen molar-refractivity contribution < 1.29 is 22.7 Å². The van der Waals surface area contributed by atoms with Gasteiger partial charge in [-0.25, -0.2) is 8.42 Å². The fourth-order valence-electron chi connectivity index (χ4n) is 4.51. The van der Waals surface area contributed by atoms with Crippen LogP contribution in [0.15, 0.2) is 77.7 Å². The lowest BCUT2D eigenvalue weighted by Gasteiger charge is -2.24. The van der Waals surface area contributed by atoms with Gasteiger partial charge in [0.05, 0.1) is 28.7 Å². The molecule has 2 aliphatic heterocycles. The van der Waals surface area contributed by atoms with Gasteiger partial charge in [0, 0.05) is 10.1 Å². The van der Waals surface area contributed by atoms with E-state index in [2.05, 4.69) is 22.6 Å². The summed E-state index contributed by atoms with van der Waals surface area (Å²) in [6, 6.07) is 21.0. The summed E-state index contributed by atoms with van der Waals surface area (Å²) in [7, 11) is -3.87. The zero-order chi connectivity index (χ0) is 24.6. The fourth-order valence-corrected chi connectivity index (χ4v) is 6.57. The van der Waals surface area contributed by atoms with Gasteiger partial charge in [-0.3, -0.25) is 9.59 Å².